The van der Waals surface area contributed by atoms with Crippen molar-refractivity contribution >= 4 is 17.3 Å². The van der Waals surface area contributed by atoms with E-state index in [0.29, 0.717) is 5.69 Å². The Kier molecular flexibility index (Phi) is 4.71. The number of nitrogens with one attached hydrogen (secondary N) is 1. The van der Waals surface area contributed by atoms with E-state index in [1.165, 1.54) is 25.1 Å². The average molecular weight is 264 g/mol. The first-order valence-corrected chi connectivity index (χ1v) is 5.29. The molecule has 19 heavy (non-hydrogen) atoms. The molecule has 1 aromatic carbocycles. The van der Waals surface area contributed by atoms with E-state index in [1.807, 2.05) is 0 Å². The monoisotopic (exact) mass is 264 g/mol. The largest absolute Gasteiger partial charge is 0.480 e. The number of ether oxygens (including phenoxy) is 1. The zero-order valence-electron chi connectivity index (χ0n) is 10.1. The molecule has 100 valence electrons. The van der Waals surface area contributed by atoms with Crippen LogP contribution in [0.15, 0.2) is 18.2 Å². The van der Waals surface area contributed by atoms with Crippen molar-refractivity contribution in [2.45, 2.75) is 13.0 Å². The first-order chi connectivity index (χ1) is 8.95. The number of benzene rings is 1. The first-order valence-electron chi connectivity index (χ1n) is 5.29. The minimum atomic E-state index is -1.06. The van der Waals surface area contributed by atoms with Crippen molar-refractivity contribution in [1.82, 2.24) is 0 Å². The number of nitro groups is 1. The van der Waals surface area contributed by atoms with Crippen molar-refractivity contribution in [2.75, 3.05) is 11.9 Å². The molecular formula is C12H12N2O5. The highest BCUT2D eigenvalue weighted by atomic mass is 16.6. The number of carboxylic acid groups (broad SMARTS) is 1. The summed E-state index contributed by atoms with van der Waals surface area (Å²) in [7, 11) is 0. The zero-order chi connectivity index (χ0) is 14.4. The van der Waals surface area contributed by atoms with Gasteiger partial charge in [-0.2, -0.15) is 0 Å². The molecule has 0 fully saturated rings. The van der Waals surface area contributed by atoms with E-state index in [9.17, 15) is 14.9 Å². The third kappa shape index (κ3) is 3.89. The molecule has 0 amide bonds. The van der Waals surface area contributed by atoms with Gasteiger partial charge in [-0.3, -0.25) is 14.9 Å². The lowest BCUT2D eigenvalue weighted by molar-refractivity contribution is -0.385. The number of rotatable bonds is 6. The van der Waals surface area contributed by atoms with E-state index in [-0.39, 0.29) is 18.0 Å². The molecule has 7 heteroatoms. The second kappa shape index (κ2) is 6.26. The molecule has 0 heterocycles. The Morgan fingerprint density at radius 2 is 2.37 bits per heavy atom. The first kappa shape index (κ1) is 14.3. The van der Waals surface area contributed by atoms with Crippen LogP contribution in [0.2, 0.25) is 0 Å². The summed E-state index contributed by atoms with van der Waals surface area (Å²) in [5, 5.41) is 22.3. The highest BCUT2D eigenvalue weighted by Gasteiger charge is 2.18. The third-order valence-electron chi connectivity index (χ3n) is 2.22. The number of nitrogens with zero attached hydrogens (tertiary/aromatic N) is 1. The SMILES string of the molecule is C#CCOc1ccc(N[C@@H](C)C(=O)O)cc1[N+](=O)[O-]. The van der Waals surface area contributed by atoms with Crippen molar-refractivity contribution in [1.29, 1.82) is 0 Å². The second-order valence-electron chi connectivity index (χ2n) is 3.64. The summed E-state index contributed by atoms with van der Waals surface area (Å²) >= 11 is 0. The van der Waals surface area contributed by atoms with Crippen LogP contribution < -0.4 is 10.1 Å². The fraction of sp³-hybridized carbons (Fsp3) is 0.250. The van der Waals surface area contributed by atoms with E-state index in [0.717, 1.165) is 0 Å². The molecule has 7 nitrogen and oxygen atoms in total. The normalized spacial score (nSPS) is 11.2. The molecule has 0 aromatic heterocycles. The summed E-state index contributed by atoms with van der Waals surface area (Å²) in [5.74, 6) is 1.18. The molecule has 1 atom stereocenters. The van der Waals surface area contributed by atoms with Crippen molar-refractivity contribution in [2.24, 2.45) is 0 Å². The third-order valence-corrected chi connectivity index (χ3v) is 2.22. The van der Waals surface area contributed by atoms with E-state index in [1.54, 1.807) is 0 Å². The van der Waals surface area contributed by atoms with Crippen LogP contribution in [0.5, 0.6) is 5.75 Å². The van der Waals surface area contributed by atoms with Gasteiger partial charge in [0.2, 0.25) is 0 Å². The summed E-state index contributed by atoms with van der Waals surface area (Å²) < 4.78 is 5.03. The van der Waals surface area contributed by atoms with Crippen molar-refractivity contribution in [3.63, 3.8) is 0 Å². The molecule has 0 aliphatic rings. The van der Waals surface area contributed by atoms with Crippen LogP contribution in [0.4, 0.5) is 11.4 Å². The van der Waals surface area contributed by atoms with Gasteiger partial charge in [-0.15, -0.1) is 6.42 Å². The Hall–Kier alpha value is -2.75. The topological polar surface area (TPSA) is 102 Å². The molecule has 0 aliphatic carbocycles. The van der Waals surface area contributed by atoms with Crippen molar-refractivity contribution in [3.8, 4) is 18.1 Å². The minimum absolute atomic E-state index is 0.0384. The summed E-state index contributed by atoms with van der Waals surface area (Å²) in [6, 6.07) is 3.19. The number of hydrogen-bond acceptors (Lipinski definition) is 5. The second-order valence-corrected chi connectivity index (χ2v) is 3.64. The Balaban J connectivity index is 2.99. The van der Waals surface area contributed by atoms with Gasteiger partial charge in [0.05, 0.1) is 4.92 Å². The van der Waals surface area contributed by atoms with Gasteiger partial charge >= 0.3 is 11.7 Å². The Bertz CT molecular complexity index is 535. The molecule has 2 N–H and O–H groups in total. The highest BCUT2D eigenvalue weighted by Crippen LogP contribution is 2.30. The lowest BCUT2D eigenvalue weighted by Crippen LogP contribution is -2.25. The predicted molar refractivity (Wildman–Crippen MR) is 68.1 cm³/mol. The van der Waals surface area contributed by atoms with Crippen LogP contribution >= 0.6 is 0 Å². The van der Waals surface area contributed by atoms with Crippen LogP contribution in [-0.2, 0) is 4.79 Å². The van der Waals surface area contributed by atoms with Crippen LogP contribution in [0.3, 0.4) is 0 Å². The molecule has 0 unspecified atom stereocenters. The minimum Gasteiger partial charge on any atom is -0.480 e. The summed E-state index contributed by atoms with van der Waals surface area (Å²) in [4.78, 5) is 21.0. The molecule has 1 rings (SSSR count). The van der Waals surface area contributed by atoms with E-state index in [2.05, 4.69) is 11.2 Å². The van der Waals surface area contributed by atoms with Gasteiger partial charge in [0.15, 0.2) is 5.75 Å². The summed E-state index contributed by atoms with van der Waals surface area (Å²) in [5.41, 5.74) is 0.0347. The number of hydrogen-bond donors (Lipinski definition) is 2. The average Bonchev–Trinajstić information content (AvgIpc) is 2.36. The number of nitro benzene ring substituents is 1. The van der Waals surface area contributed by atoms with E-state index in [4.69, 9.17) is 16.3 Å². The van der Waals surface area contributed by atoms with Gasteiger partial charge in [0, 0.05) is 11.8 Å². The Labute approximate surface area is 109 Å². The van der Waals surface area contributed by atoms with Gasteiger partial charge in [0.1, 0.15) is 12.6 Å². The van der Waals surface area contributed by atoms with Crippen molar-refractivity contribution < 1.29 is 19.6 Å². The lowest BCUT2D eigenvalue weighted by Gasteiger charge is -2.11. The van der Waals surface area contributed by atoms with Gasteiger partial charge in [0.25, 0.3) is 0 Å². The predicted octanol–water partition coefficient (Wildman–Crippen LogP) is 1.49. The maximum atomic E-state index is 10.9. The van der Waals surface area contributed by atoms with Crippen LogP contribution in [0.25, 0.3) is 0 Å². The smallest absolute Gasteiger partial charge is 0.325 e. The van der Waals surface area contributed by atoms with E-state index < -0.39 is 16.9 Å². The van der Waals surface area contributed by atoms with Crippen LogP contribution in [-0.4, -0.2) is 28.6 Å². The molecule has 0 saturated carbocycles. The number of carboxylic acids is 1. The van der Waals surface area contributed by atoms with Crippen LogP contribution in [0, 0.1) is 22.5 Å². The number of terminal acetylenes is 1. The lowest BCUT2D eigenvalue weighted by atomic mass is 10.2. The molecule has 0 saturated heterocycles. The molecule has 1 aromatic rings. The molecular weight excluding hydrogens is 252 g/mol. The van der Waals surface area contributed by atoms with Crippen molar-refractivity contribution in [3.05, 3.63) is 28.3 Å². The highest BCUT2D eigenvalue weighted by molar-refractivity contribution is 5.77. The van der Waals surface area contributed by atoms with Gasteiger partial charge in [-0.05, 0) is 19.1 Å². The van der Waals surface area contributed by atoms with Gasteiger partial charge < -0.3 is 15.2 Å². The Morgan fingerprint density at radius 1 is 1.68 bits per heavy atom. The fourth-order valence-electron chi connectivity index (χ4n) is 1.30. The molecule has 0 bridgehead atoms. The standard InChI is InChI=1S/C12H12N2O5/c1-3-6-19-11-5-4-9(7-10(11)14(17)18)13-8(2)12(15)16/h1,4-5,7-8,13H,6H2,2H3,(H,15,16)/t8-/m0/s1. The van der Waals surface area contributed by atoms with Gasteiger partial charge in [-0.25, -0.2) is 0 Å². The van der Waals surface area contributed by atoms with Crippen LogP contribution in [0.1, 0.15) is 6.92 Å². The zero-order valence-corrected chi connectivity index (χ0v) is 10.1. The quantitative estimate of drug-likeness (QED) is 0.458. The maximum Gasteiger partial charge on any atom is 0.325 e. The fourth-order valence-corrected chi connectivity index (χ4v) is 1.30. The van der Waals surface area contributed by atoms with Gasteiger partial charge in [-0.1, -0.05) is 5.92 Å². The van der Waals surface area contributed by atoms with E-state index >= 15 is 0 Å². The number of anilines is 1. The number of aliphatic carboxylic acids is 1. The molecule has 0 spiro atoms. The molecule has 0 aliphatic heterocycles. The Morgan fingerprint density at radius 3 is 2.89 bits per heavy atom. The summed E-state index contributed by atoms with van der Waals surface area (Å²) in [6.07, 6.45) is 5.01. The maximum absolute atomic E-state index is 10.9. The molecule has 0 radical (unpaired) electrons. The summed E-state index contributed by atoms with van der Waals surface area (Å²) in [6.45, 7) is 1.34. The number of carbonyl (C=O) groups is 1.